The highest BCUT2D eigenvalue weighted by molar-refractivity contribution is 9.10. The number of likely N-dealkylation sites (tertiary alicyclic amines) is 1. The topological polar surface area (TPSA) is 57.7 Å². The molecule has 0 radical (unpaired) electrons. The summed E-state index contributed by atoms with van der Waals surface area (Å²) in [5.41, 5.74) is 2.88. The summed E-state index contributed by atoms with van der Waals surface area (Å²) in [4.78, 5) is 45.4. The molecule has 3 amide bonds. The monoisotopic (exact) mass is 612 g/mol. The molecule has 4 aromatic rings. The fourth-order valence-electron chi connectivity index (χ4n) is 6.07. The van der Waals surface area contributed by atoms with Crippen molar-refractivity contribution in [2.75, 3.05) is 4.90 Å². The maximum absolute atomic E-state index is 14.8. The van der Waals surface area contributed by atoms with Crippen molar-refractivity contribution in [1.82, 2.24) is 4.90 Å². The van der Waals surface area contributed by atoms with Crippen molar-refractivity contribution >= 4 is 50.9 Å². The summed E-state index contributed by atoms with van der Waals surface area (Å²) in [6.07, 6.45) is 0.257. The van der Waals surface area contributed by atoms with Crippen molar-refractivity contribution in [3.05, 3.63) is 135 Å². The zero-order chi connectivity index (χ0) is 27.9. The minimum Gasteiger partial charge on any atom is -0.307 e. The second-order valence-electron chi connectivity index (χ2n) is 10.3. The lowest BCUT2D eigenvalue weighted by molar-refractivity contribution is -0.142. The summed E-state index contributed by atoms with van der Waals surface area (Å²) >= 11 is 9.96. The van der Waals surface area contributed by atoms with Gasteiger partial charge in [0, 0.05) is 21.6 Å². The Labute approximate surface area is 246 Å². The van der Waals surface area contributed by atoms with Gasteiger partial charge in [-0.05, 0) is 46.9 Å². The summed E-state index contributed by atoms with van der Waals surface area (Å²) in [6, 6.07) is 32.5. The number of carbonyl (C=O) groups is 3. The van der Waals surface area contributed by atoms with Crippen molar-refractivity contribution in [3.63, 3.8) is 0 Å². The first-order valence-corrected chi connectivity index (χ1v) is 14.3. The van der Waals surface area contributed by atoms with Crippen molar-refractivity contribution in [2.45, 2.75) is 31.3 Å². The van der Waals surface area contributed by atoms with Crippen LogP contribution in [0, 0.1) is 5.92 Å². The third-order valence-corrected chi connectivity index (χ3v) is 8.85. The van der Waals surface area contributed by atoms with Gasteiger partial charge in [0.25, 0.3) is 0 Å². The molecule has 40 heavy (non-hydrogen) atoms. The van der Waals surface area contributed by atoms with E-state index in [4.69, 9.17) is 11.6 Å². The number of benzene rings is 4. The van der Waals surface area contributed by atoms with Crippen molar-refractivity contribution < 1.29 is 14.4 Å². The summed E-state index contributed by atoms with van der Waals surface area (Å²) in [5, 5.41) is 0.492. The van der Waals surface area contributed by atoms with Gasteiger partial charge in [-0.25, -0.2) is 0 Å². The Hall–Kier alpha value is -3.74. The normalized spacial score (nSPS) is 20.4. The second kappa shape index (κ2) is 10.7. The standard InChI is InChI=1S/C33H26BrClN2O3/c34-25-15-16-26-29(17-25)36(20-23-11-5-2-6-12-23)32(40)33(26,19-22-9-3-1-4-10-22)27-18-30(38)37(31(27)39)21-24-13-7-8-14-28(24)35/h1-17,27H,18-21H2/t27-,33+/m0/s1. The number of hydrogen-bond donors (Lipinski definition) is 0. The molecule has 4 aromatic carbocycles. The zero-order valence-corrected chi connectivity index (χ0v) is 23.9. The number of rotatable bonds is 7. The van der Waals surface area contributed by atoms with E-state index in [1.54, 1.807) is 11.0 Å². The summed E-state index contributed by atoms with van der Waals surface area (Å²) in [7, 11) is 0. The first kappa shape index (κ1) is 26.5. The van der Waals surface area contributed by atoms with Crippen LogP contribution in [0.2, 0.25) is 5.02 Å². The van der Waals surface area contributed by atoms with E-state index in [1.165, 1.54) is 4.90 Å². The number of anilines is 1. The molecule has 2 aliphatic rings. The fraction of sp³-hybridized carbons (Fsp3) is 0.182. The van der Waals surface area contributed by atoms with Crippen LogP contribution in [0.25, 0.3) is 0 Å². The molecule has 200 valence electrons. The van der Waals surface area contributed by atoms with Gasteiger partial charge in [0.1, 0.15) is 0 Å². The molecule has 0 bridgehead atoms. The van der Waals surface area contributed by atoms with Gasteiger partial charge in [0.15, 0.2) is 0 Å². The molecule has 7 heteroatoms. The molecule has 1 saturated heterocycles. The van der Waals surface area contributed by atoms with Gasteiger partial charge in [-0.15, -0.1) is 0 Å². The second-order valence-corrected chi connectivity index (χ2v) is 11.7. The molecule has 0 aliphatic carbocycles. The van der Waals surface area contributed by atoms with Crippen molar-refractivity contribution in [1.29, 1.82) is 0 Å². The highest BCUT2D eigenvalue weighted by Gasteiger charge is 2.61. The molecule has 6 rings (SSSR count). The highest BCUT2D eigenvalue weighted by Crippen LogP contribution is 2.52. The molecule has 2 heterocycles. The smallest absolute Gasteiger partial charge is 0.239 e. The molecular weight excluding hydrogens is 588 g/mol. The van der Waals surface area contributed by atoms with Crippen LogP contribution in [0.3, 0.4) is 0 Å². The first-order valence-electron chi connectivity index (χ1n) is 13.2. The van der Waals surface area contributed by atoms with Gasteiger partial charge in [-0.3, -0.25) is 19.3 Å². The van der Waals surface area contributed by atoms with Crippen LogP contribution in [0.5, 0.6) is 0 Å². The number of amides is 3. The van der Waals surface area contributed by atoms with Crippen LogP contribution >= 0.6 is 27.5 Å². The van der Waals surface area contributed by atoms with Gasteiger partial charge < -0.3 is 4.90 Å². The average Bonchev–Trinajstić information content (AvgIpc) is 3.36. The molecule has 0 unspecified atom stereocenters. The van der Waals surface area contributed by atoms with E-state index in [2.05, 4.69) is 15.9 Å². The van der Waals surface area contributed by atoms with Crippen LogP contribution in [0.4, 0.5) is 5.69 Å². The van der Waals surface area contributed by atoms with Gasteiger partial charge in [0.2, 0.25) is 17.7 Å². The van der Waals surface area contributed by atoms with Crippen LogP contribution in [-0.2, 0) is 39.3 Å². The lowest BCUT2D eigenvalue weighted by atomic mass is 9.66. The summed E-state index contributed by atoms with van der Waals surface area (Å²) in [6.45, 7) is 0.433. The Morgan fingerprint density at radius 2 is 1.43 bits per heavy atom. The number of fused-ring (bicyclic) bond motifs is 1. The van der Waals surface area contributed by atoms with Crippen LogP contribution < -0.4 is 4.90 Å². The highest BCUT2D eigenvalue weighted by atomic mass is 79.9. The van der Waals surface area contributed by atoms with E-state index in [1.807, 2.05) is 97.1 Å². The fourth-order valence-corrected chi connectivity index (χ4v) is 6.62. The minimum absolute atomic E-state index is 0.0451. The van der Waals surface area contributed by atoms with Crippen LogP contribution in [-0.4, -0.2) is 22.6 Å². The van der Waals surface area contributed by atoms with Gasteiger partial charge in [-0.2, -0.15) is 0 Å². The molecule has 5 nitrogen and oxygen atoms in total. The van der Waals surface area contributed by atoms with Gasteiger partial charge >= 0.3 is 0 Å². The third-order valence-electron chi connectivity index (χ3n) is 7.99. The third kappa shape index (κ3) is 4.55. The lowest BCUT2D eigenvalue weighted by Crippen LogP contribution is -2.49. The largest absolute Gasteiger partial charge is 0.307 e. The SMILES string of the molecule is O=C1C[C@H]([C@]2(Cc3ccccc3)C(=O)N(Cc3ccccc3)c3cc(Br)ccc32)C(=O)N1Cc1ccccc1Cl. The van der Waals surface area contributed by atoms with Crippen LogP contribution in [0.15, 0.2) is 108 Å². The number of carbonyl (C=O) groups excluding carboxylic acids is 3. The summed E-state index contributed by atoms with van der Waals surface area (Å²) in [5.74, 6) is -1.66. The van der Waals surface area contributed by atoms with Gasteiger partial charge in [0.05, 0.1) is 24.4 Å². The molecule has 0 N–H and O–H groups in total. The number of hydrogen-bond acceptors (Lipinski definition) is 3. The maximum atomic E-state index is 14.8. The molecule has 1 fully saturated rings. The van der Waals surface area contributed by atoms with E-state index in [0.29, 0.717) is 23.6 Å². The zero-order valence-electron chi connectivity index (χ0n) is 21.6. The van der Waals surface area contributed by atoms with Crippen molar-refractivity contribution in [3.8, 4) is 0 Å². The molecule has 0 aromatic heterocycles. The molecule has 0 spiro atoms. The Kier molecular flexibility index (Phi) is 7.07. The maximum Gasteiger partial charge on any atom is 0.239 e. The average molecular weight is 614 g/mol. The Balaban J connectivity index is 1.47. The molecule has 0 saturated carbocycles. The quantitative estimate of drug-likeness (QED) is 0.218. The number of nitrogens with zero attached hydrogens (tertiary/aromatic N) is 2. The Morgan fingerprint density at radius 1 is 0.775 bits per heavy atom. The van der Waals surface area contributed by atoms with E-state index < -0.39 is 11.3 Å². The lowest BCUT2D eigenvalue weighted by Gasteiger charge is -2.33. The number of imide groups is 1. The van der Waals surface area contributed by atoms with E-state index in [0.717, 1.165) is 26.9 Å². The molecule has 2 atom stereocenters. The minimum atomic E-state index is -1.24. The van der Waals surface area contributed by atoms with E-state index in [-0.39, 0.29) is 30.7 Å². The first-order chi connectivity index (χ1) is 19.4. The van der Waals surface area contributed by atoms with Crippen LogP contribution in [0.1, 0.15) is 28.7 Å². The van der Waals surface area contributed by atoms with E-state index >= 15 is 0 Å². The predicted molar refractivity (Wildman–Crippen MR) is 159 cm³/mol. The predicted octanol–water partition coefficient (Wildman–Crippen LogP) is 6.71. The van der Waals surface area contributed by atoms with E-state index in [9.17, 15) is 14.4 Å². The molecule has 2 aliphatic heterocycles. The Bertz CT molecular complexity index is 1610. The Morgan fingerprint density at radius 3 is 2.12 bits per heavy atom. The molecular formula is C33H26BrClN2O3. The van der Waals surface area contributed by atoms with Crippen molar-refractivity contribution in [2.24, 2.45) is 5.92 Å². The summed E-state index contributed by atoms with van der Waals surface area (Å²) < 4.78 is 0.835. The van der Waals surface area contributed by atoms with Gasteiger partial charge in [-0.1, -0.05) is 112 Å². The number of halogens is 2.